The molecule has 0 N–H and O–H groups in total. The molecule has 7 heteroatoms. The molecule has 2 aromatic carbocycles. The summed E-state index contributed by atoms with van der Waals surface area (Å²) in [4.78, 5) is 21.6. The number of nitrogens with zero attached hydrogens (tertiary/aromatic N) is 2. The van der Waals surface area contributed by atoms with Crippen molar-refractivity contribution < 1.29 is 9.53 Å². The van der Waals surface area contributed by atoms with E-state index in [0.717, 1.165) is 31.3 Å². The van der Waals surface area contributed by atoms with Crippen molar-refractivity contribution in [2.24, 2.45) is 4.99 Å². The highest BCUT2D eigenvalue weighted by Gasteiger charge is 2.35. The van der Waals surface area contributed by atoms with Gasteiger partial charge in [0.25, 0.3) is 5.91 Å². The molecule has 0 saturated heterocycles. The molecular formula is C24H17ClN2O2S2. The van der Waals surface area contributed by atoms with Crippen molar-refractivity contribution in [1.82, 2.24) is 0 Å². The SMILES string of the molecule is CCOc1ccc(N2C(=O)/C(=C\c3cccs3)N=C2c2sc3ccccc3c2Cl)cc1. The molecule has 1 aliphatic heterocycles. The largest absolute Gasteiger partial charge is 0.494 e. The predicted octanol–water partition coefficient (Wildman–Crippen LogP) is 6.85. The van der Waals surface area contributed by atoms with Gasteiger partial charge in [-0.3, -0.25) is 9.69 Å². The van der Waals surface area contributed by atoms with E-state index in [2.05, 4.69) is 0 Å². The monoisotopic (exact) mass is 464 g/mol. The van der Waals surface area contributed by atoms with E-state index in [4.69, 9.17) is 21.3 Å². The van der Waals surface area contributed by atoms with Gasteiger partial charge in [-0.1, -0.05) is 35.9 Å². The van der Waals surface area contributed by atoms with Crippen molar-refractivity contribution in [1.29, 1.82) is 0 Å². The van der Waals surface area contributed by atoms with E-state index in [9.17, 15) is 4.79 Å². The summed E-state index contributed by atoms with van der Waals surface area (Å²) in [6.07, 6.45) is 1.82. The molecule has 0 atom stereocenters. The van der Waals surface area contributed by atoms with Crippen molar-refractivity contribution in [2.45, 2.75) is 6.92 Å². The molecule has 0 spiro atoms. The number of fused-ring (bicyclic) bond motifs is 1. The third-order valence-electron chi connectivity index (χ3n) is 4.83. The van der Waals surface area contributed by atoms with E-state index < -0.39 is 0 Å². The maximum atomic E-state index is 13.4. The van der Waals surface area contributed by atoms with Gasteiger partial charge in [0, 0.05) is 15.0 Å². The fraction of sp³-hybridized carbons (Fsp3) is 0.0833. The molecule has 1 aliphatic rings. The second-order valence-corrected chi connectivity index (χ2v) is 9.20. The molecule has 0 fully saturated rings. The lowest BCUT2D eigenvalue weighted by Crippen LogP contribution is -2.32. The van der Waals surface area contributed by atoms with Gasteiger partial charge in [-0.25, -0.2) is 4.99 Å². The fourth-order valence-corrected chi connectivity index (χ4v) is 5.58. The van der Waals surface area contributed by atoms with Crippen LogP contribution in [0.5, 0.6) is 5.75 Å². The summed E-state index contributed by atoms with van der Waals surface area (Å²) >= 11 is 9.85. The van der Waals surface area contributed by atoms with Crippen LogP contribution in [0.15, 0.2) is 76.7 Å². The lowest BCUT2D eigenvalue weighted by Gasteiger charge is -2.18. The summed E-state index contributed by atoms with van der Waals surface area (Å²) in [6.45, 7) is 2.52. The minimum absolute atomic E-state index is 0.180. The first kappa shape index (κ1) is 20.0. The van der Waals surface area contributed by atoms with Gasteiger partial charge in [-0.2, -0.15) is 0 Å². The zero-order valence-corrected chi connectivity index (χ0v) is 18.9. The molecule has 0 aliphatic carbocycles. The van der Waals surface area contributed by atoms with Gasteiger partial charge in [0.1, 0.15) is 11.4 Å². The number of carbonyl (C=O) groups excluding carboxylic acids is 1. The van der Waals surface area contributed by atoms with Crippen molar-refractivity contribution in [3.8, 4) is 5.75 Å². The Morgan fingerprint density at radius 1 is 1.10 bits per heavy atom. The van der Waals surface area contributed by atoms with Gasteiger partial charge >= 0.3 is 0 Å². The Morgan fingerprint density at radius 3 is 2.61 bits per heavy atom. The maximum absolute atomic E-state index is 13.4. The van der Waals surface area contributed by atoms with Crippen LogP contribution in [0.4, 0.5) is 5.69 Å². The first-order valence-electron chi connectivity index (χ1n) is 9.74. The van der Waals surface area contributed by atoms with E-state index in [-0.39, 0.29) is 5.91 Å². The average molecular weight is 465 g/mol. The lowest BCUT2D eigenvalue weighted by molar-refractivity contribution is -0.113. The first-order chi connectivity index (χ1) is 15.2. The number of ether oxygens (including phenoxy) is 1. The Bertz CT molecular complexity index is 1320. The molecule has 3 heterocycles. The molecule has 154 valence electrons. The summed E-state index contributed by atoms with van der Waals surface area (Å²) in [6, 6.07) is 19.3. The first-order valence-corrected chi connectivity index (χ1v) is 11.8. The van der Waals surface area contributed by atoms with Gasteiger partial charge in [0.2, 0.25) is 0 Å². The number of thiophene rings is 2. The van der Waals surface area contributed by atoms with Crippen molar-refractivity contribution in [3.05, 3.63) is 86.5 Å². The van der Waals surface area contributed by atoms with Crippen LogP contribution in [0.2, 0.25) is 5.02 Å². The average Bonchev–Trinajstić information content (AvgIpc) is 3.49. The van der Waals surface area contributed by atoms with E-state index in [1.54, 1.807) is 16.2 Å². The van der Waals surface area contributed by atoms with Crippen molar-refractivity contribution in [2.75, 3.05) is 11.5 Å². The summed E-state index contributed by atoms with van der Waals surface area (Å²) in [5, 5.41) is 3.55. The molecule has 0 radical (unpaired) electrons. The predicted molar refractivity (Wildman–Crippen MR) is 131 cm³/mol. The fourth-order valence-electron chi connectivity index (χ4n) is 3.43. The topological polar surface area (TPSA) is 41.9 Å². The highest BCUT2D eigenvalue weighted by Crippen LogP contribution is 2.39. The molecule has 0 unspecified atom stereocenters. The van der Waals surface area contributed by atoms with Gasteiger partial charge in [-0.15, -0.1) is 22.7 Å². The van der Waals surface area contributed by atoms with E-state index in [0.29, 0.717) is 23.2 Å². The van der Waals surface area contributed by atoms with Crippen LogP contribution in [0.3, 0.4) is 0 Å². The Morgan fingerprint density at radius 2 is 1.90 bits per heavy atom. The van der Waals surface area contributed by atoms with E-state index >= 15 is 0 Å². The zero-order valence-electron chi connectivity index (χ0n) is 16.5. The summed E-state index contributed by atoms with van der Waals surface area (Å²) in [5.74, 6) is 1.12. The van der Waals surface area contributed by atoms with Crippen LogP contribution in [0, 0.1) is 0 Å². The maximum Gasteiger partial charge on any atom is 0.282 e. The molecule has 0 bridgehead atoms. The number of rotatable bonds is 5. The summed E-state index contributed by atoms with van der Waals surface area (Å²) < 4.78 is 6.60. The van der Waals surface area contributed by atoms with Crippen LogP contribution in [-0.2, 0) is 4.79 Å². The van der Waals surface area contributed by atoms with Crippen LogP contribution in [0.25, 0.3) is 16.2 Å². The summed E-state index contributed by atoms with van der Waals surface area (Å²) in [7, 11) is 0. The molecular weight excluding hydrogens is 448 g/mol. The number of hydrogen-bond donors (Lipinski definition) is 0. The summed E-state index contributed by atoms with van der Waals surface area (Å²) in [5.41, 5.74) is 1.11. The zero-order chi connectivity index (χ0) is 21.4. The molecule has 0 saturated carbocycles. The third kappa shape index (κ3) is 3.67. The number of anilines is 1. The van der Waals surface area contributed by atoms with Crippen LogP contribution >= 0.6 is 34.3 Å². The molecule has 1 amide bonds. The van der Waals surface area contributed by atoms with Gasteiger partial charge < -0.3 is 4.74 Å². The minimum atomic E-state index is -0.180. The number of halogens is 1. The molecule has 4 aromatic rings. The second-order valence-electron chi connectivity index (χ2n) is 6.79. The number of aliphatic imine (C=N–C) groups is 1. The normalized spacial score (nSPS) is 15.2. The molecule has 4 nitrogen and oxygen atoms in total. The minimum Gasteiger partial charge on any atom is -0.494 e. The van der Waals surface area contributed by atoms with Crippen molar-refractivity contribution in [3.63, 3.8) is 0 Å². The number of carbonyl (C=O) groups is 1. The second kappa shape index (κ2) is 8.30. The van der Waals surface area contributed by atoms with E-state index in [1.807, 2.05) is 79.0 Å². The van der Waals surface area contributed by atoms with Crippen LogP contribution in [-0.4, -0.2) is 18.3 Å². The van der Waals surface area contributed by atoms with Crippen LogP contribution in [0.1, 0.15) is 16.7 Å². The smallest absolute Gasteiger partial charge is 0.282 e. The number of amides is 1. The van der Waals surface area contributed by atoms with Crippen LogP contribution < -0.4 is 9.64 Å². The molecule has 31 heavy (non-hydrogen) atoms. The number of hydrogen-bond acceptors (Lipinski definition) is 5. The Hall–Kier alpha value is -2.93. The molecule has 2 aromatic heterocycles. The standard InChI is InChI=1S/C24H17ClN2O2S2/c1-2-29-16-11-9-15(10-12-16)27-23(22-21(25)18-7-3-4-8-20(18)31-22)26-19(24(27)28)14-17-6-5-13-30-17/h3-14H,2H2,1H3/b19-14+. The molecule has 5 rings (SSSR count). The number of benzene rings is 2. The highest BCUT2D eigenvalue weighted by atomic mass is 35.5. The van der Waals surface area contributed by atoms with Crippen molar-refractivity contribution >= 4 is 67.9 Å². The third-order valence-corrected chi connectivity index (χ3v) is 7.32. The van der Waals surface area contributed by atoms with Gasteiger partial charge in [-0.05, 0) is 54.8 Å². The Balaban J connectivity index is 1.64. The van der Waals surface area contributed by atoms with Gasteiger partial charge in [0.15, 0.2) is 5.84 Å². The lowest BCUT2D eigenvalue weighted by atomic mass is 10.2. The Labute approximate surface area is 192 Å². The number of amidine groups is 1. The Kier molecular flexibility index (Phi) is 5.36. The highest BCUT2D eigenvalue weighted by molar-refractivity contribution is 7.22. The van der Waals surface area contributed by atoms with E-state index in [1.165, 1.54) is 11.3 Å². The quantitative estimate of drug-likeness (QED) is 0.303. The van der Waals surface area contributed by atoms with Gasteiger partial charge in [0.05, 0.1) is 22.2 Å².